The summed E-state index contributed by atoms with van der Waals surface area (Å²) in [6.45, 7) is 3.61. The molecule has 0 fully saturated rings. The number of imidazole rings is 1. The number of nitrogens with zero attached hydrogens (tertiary/aromatic N) is 3. The molecule has 0 spiro atoms. The average Bonchev–Trinajstić information content (AvgIpc) is 3.12. The number of aryl methyl sites for hydroxylation is 2. The van der Waals surface area contributed by atoms with Crippen molar-refractivity contribution in [2.75, 3.05) is 0 Å². The molecule has 0 radical (unpaired) electrons. The number of aromatic nitrogens is 2. The van der Waals surface area contributed by atoms with Gasteiger partial charge in [-0.2, -0.15) is 13.5 Å². The summed E-state index contributed by atoms with van der Waals surface area (Å²) in [4.78, 5) is 6.50. The highest BCUT2D eigenvalue weighted by atomic mass is 32.2. The summed E-state index contributed by atoms with van der Waals surface area (Å²) in [6.07, 6.45) is 6.74. The van der Waals surface area contributed by atoms with E-state index in [1.54, 1.807) is 31.6 Å². The van der Waals surface area contributed by atoms with Gasteiger partial charge in [-0.3, -0.25) is 0 Å². The SMILES string of the molecule is Cc1ccc(C)c(S(=O)(=O)N/N=C/c2ccc(-n3ccnc3)cc2)c1. The minimum Gasteiger partial charge on any atom is -0.306 e. The van der Waals surface area contributed by atoms with Crippen LogP contribution in [0.4, 0.5) is 0 Å². The Morgan fingerprint density at radius 2 is 1.88 bits per heavy atom. The first-order valence-corrected chi connectivity index (χ1v) is 9.14. The molecular formula is C18H18N4O2S. The first-order chi connectivity index (χ1) is 12.0. The molecule has 0 unspecified atom stereocenters. The maximum Gasteiger partial charge on any atom is 0.276 e. The third-order valence-corrected chi connectivity index (χ3v) is 5.08. The van der Waals surface area contributed by atoms with Crippen LogP contribution in [0.1, 0.15) is 16.7 Å². The van der Waals surface area contributed by atoms with Crippen LogP contribution in [0.3, 0.4) is 0 Å². The highest BCUT2D eigenvalue weighted by Crippen LogP contribution is 2.16. The third kappa shape index (κ3) is 3.95. The van der Waals surface area contributed by atoms with Crippen molar-refractivity contribution >= 4 is 16.2 Å². The molecule has 0 saturated carbocycles. The van der Waals surface area contributed by atoms with Crippen LogP contribution in [0.5, 0.6) is 0 Å². The zero-order valence-corrected chi connectivity index (χ0v) is 14.7. The van der Waals surface area contributed by atoms with Crippen molar-refractivity contribution < 1.29 is 8.42 Å². The van der Waals surface area contributed by atoms with Crippen molar-refractivity contribution in [3.63, 3.8) is 0 Å². The standard InChI is InChI=1S/C18H18N4O2S/c1-14-3-4-15(2)18(11-14)25(23,24)21-20-12-16-5-7-17(8-6-16)22-10-9-19-13-22/h3-13,21H,1-2H3/b20-12+. The van der Waals surface area contributed by atoms with Gasteiger partial charge in [0.05, 0.1) is 17.4 Å². The molecule has 3 rings (SSSR count). The number of rotatable bonds is 5. The zero-order valence-electron chi connectivity index (χ0n) is 13.9. The Kier molecular flexibility index (Phi) is 4.67. The molecule has 6 nitrogen and oxygen atoms in total. The second kappa shape index (κ2) is 6.90. The van der Waals surface area contributed by atoms with Gasteiger partial charge in [-0.25, -0.2) is 9.82 Å². The Morgan fingerprint density at radius 1 is 1.12 bits per heavy atom. The summed E-state index contributed by atoms with van der Waals surface area (Å²) in [5, 5.41) is 3.87. The largest absolute Gasteiger partial charge is 0.306 e. The monoisotopic (exact) mass is 354 g/mol. The number of nitrogens with one attached hydrogen (secondary N) is 1. The van der Waals surface area contributed by atoms with E-state index in [2.05, 4.69) is 14.9 Å². The summed E-state index contributed by atoms with van der Waals surface area (Å²) in [5.74, 6) is 0. The third-order valence-electron chi connectivity index (χ3n) is 3.72. The van der Waals surface area contributed by atoms with E-state index in [9.17, 15) is 8.42 Å². The molecule has 25 heavy (non-hydrogen) atoms. The van der Waals surface area contributed by atoms with E-state index in [0.29, 0.717) is 5.56 Å². The molecule has 0 aliphatic carbocycles. The molecule has 0 aliphatic heterocycles. The van der Waals surface area contributed by atoms with Crippen molar-refractivity contribution in [3.05, 3.63) is 77.9 Å². The van der Waals surface area contributed by atoms with E-state index in [1.807, 2.05) is 48.0 Å². The molecule has 0 aliphatic rings. The molecule has 0 atom stereocenters. The smallest absolute Gasteiger partial charge is 0.276 e. The fraction of sp³-hybridized carbons (Fsp3) is 0.111. The molecule has 1 N–H and O–H groups in total. The summed E-state index contributed by atoms with van der Waals surface area (Å²) in [7, 11) is -3.69. The molecule has 3 aromatic rings. The summed E-state index contributed by atoms with van der Waals surface area (Å²) >= 11 is 0. The Labute approximate surface area is 146 Å². The van der Waals surface area contributed by atoms with Gasteiger partial charge in [0.15, 0.2) is 0 Å². The molecular weight excluding hydrogens is 336 g/mol. The predicted octanol–water partition coefficient (Wildman–Crippen LogP) is 2.80. The molecule has 0 saturated heterocycles. The van der Waals surface area contributed by atoms with Crippen LogP contribution in [0.15, 0.2) is 71.2 Å². The molecule has 1 heterocycles. The van der Waals surface area contributed by atoms with Gasteiger partial charge in [-0.05, 0) is 48.7 Å². The predicted molar refractivity (Wildman–Crippen MR) is 97.4 cm³/mol. The average molecular weight is 354 g/mol. The number of benzene rings is 2. The lowest BCUT2D eigenvalue weighted by Gasteiger charge is -2.07. The number of hydrogen-bond acceptors (Lipinski definition) is 4. The Morgan fingerprint density at radius 3 is 2.56 bits per heavy atom. The van der Waals surface area contributed by atoms with Gasteiger partial charge in [0, 0.05) is 18.1 Å². The topological polar surface area (TPSA) is 76.3 Å². The van der Waals surface area contributed by atoms with Crippen LogP contribution in [-0.2, 0) is 10.0 Å². The maximum absolute atomic E-state index is 12.4. The summed E-state index contributed by atoms with van der Waals surface area (Å²) in [5.41, 5.74) is 3.31. The van der Waals surface area contributed by atoms with Gasteiger partial charge >= 0.3 is 0 Å². The lowest BCUT2D eigenvalue weighted by molar-refractivity contribution is 0.584. The lowest BCUT2D eigenvalue weighted by atomic mass is 10.2. The van der Waals surface area contributed by atoms with Crippen molar-refractivity contribution in [2.45, 2.75) is 18.7 Å². The minimum absolute atomic E-state index is 0.236. The molecule has 1 aromatic heterocycles. The van der Waals surface area contributed by atoms with Crippen LogP contribution in [0.25, 0.3) is 5.69 Å². The van der Waals surface area contributed by atoms with E-state index in [0.717, 1.165) is 16.8 Å². The number of hydrogen-bond donors (Lipinski definition) is 1. The van der Waals surface area contributed by atoms with Gasteiger partial charge in [0.2, 0.25) is 0 Å². The van der Waals surface area contributed by atoms with E-state index in [4.69, 9.17) is 0 Å². The first-order valence-electron chi connectivity index (χ1n) is 7.66. The van der Waals surface area contributed by atoms with Crippen molar-refractivity contribution in [2.24, 2.45) is 5.10 Å². The van der Waals surface area contributed by atoms with E-state index < -0.39 is 10.0 Å². The molecule has 0 bridgehead atoms. The van der Waals surface area contributed by atoms with Gasteiger partial charge in [-0.15, -0.1) is 0 Å². The normalized spacial score (nSPS) is 11.8. The van der Waals surface area contributed by atoms with Crippen LogP contribution < -0.4 is 4.83 Å². The van der Waals surface area contributed by atoms with Crippen LogP contribution in [0.2, 0.25) is 0 Å². The fourth-order valence-electron chi connectivity index (χ4n) is 2.36. The van der Waals surface area contributed by atoms with Gasteiger partial charge in [-0.1, -0.05) is 24.3 Å². The first kappa shape index (κ1) is 16.9. The zero-order chi connectivity index (χ0) is 17.9. The Bertz CT molecular complexity index is 992. The minimum atomic E-state index is -3.69. The second-order valence-corrected chi connectivity index (χ2v) is 7.31. The summed E-state index contributed by atoms with van der Waals surface area (Å²) < 4.78 is 26.6. The van der Waals surface area contributed by atoms with Crippen LogP contribution in [-0.4, -0.2) is 24.2 Å². The van der Waals surface area contributed by atoms with Crippen LogP contribution in [0, 0.1) is 13.8 Å². The Balaban J connectivity index is 1.73. The van der Waals surface area contributed by atoms with Gasteiger partial charge in [0.1, 0.15) is 0 Å². The second-order valence-electron chi connectivity index (χ2n) is 5.68. The van der Waals surface area contributed by atoms with Crippen LogP contribution >= 0.6 is 0 Å². The van der Waals surface area contributed by atoms with E-state index in [1.165, 1.54) is 6.21 Å². The van der Waals surface area contributed by atoms with Crippen molar-refractivity contribution in [1.82, 2.24) is 14.4 Å². The molecule has 0 amide bonds. The van der Waals surface area contributed by atoms with E-state index >= 15 is 0 Å². The van der Waals surface area contributed by atoms with E-state index in [-0.39, 0.29) is 4.90 Å². The highest BCUT2D eigenvalue weighted by molar-refractivity contribution is 7.89. The van der Waals surface area contributed by atoms with Crippen molar-refractivity contribution in [1.29, 1.82) is 0 Å². The Hall–Kier alpha value is -2.93. The molecule has 128 valence electrons. The fourth-order valence-corrected chi connectivity index (χ4v) is 3.48. The van der Waals surface area contributed by atoms with Gasteiger partial charge in [0.25, 0.3) is 10.0 Å². The maximum atomic E-state index is 12.4. The lowest BCUT2D eigenvalue weighted by Crippen LogP contribution is -2.19. The van der Waals surface area contributed by atoms with Gasteiger partial charge < -0.3 is 4.57 Å². The molecule has 2 aromatic carbocycles. The highest BCUT2D eigenvalue weighted by Gasteiger charge is 2.15. The number of sulfonamides is 1. The van der Waals surface area contributed by atoms with Crippen molar-refractivity contribution in [3.8, 4) is 5.69 Å². The quantitative estimate of drug-likeness (QED) is 0.565. The number of hydrazone groups is 1. The molecule has 7 heteroatoms. The summed E-state index contributed by atoms with van der Waals surface area (Å²) in [6, 6.07) is 12.8.